The summed E-state index contributed by atoms with van der Waals surface area (Å²) >= 11 is 3.36. The van der Waals surface area contributed by atoms with Gasteiger partial charge in [0.2, 0.25) is 0 Å². The summed E-state index contributed by atoms with van der Waals surface area (Å²) in [7, 11) is 6.08. The predicted molar refractivity (Wildman–Crippen MR) is 136 cm³/mol. The first-order valence-corrected chi connectivity index (χ1v) is 11.1. The molecule has 3 aromatic rings. The molecule has 0 saturated carbocycles. The van der Waals surface area contributed by atoms with E-state index in [1.54, 1.807) is 61.7 Å². The first-order valence-electron chi connectivity index (χ1n) is 10.3. The Kier molecular flexibility index (Phi) is 8.69. The van der Waals surface area contributed by atoms with E-state index in [0.29, 0.717) is 44.3 Å². The molecule has 0 atom stereocenters. The molecule has 0 aromatic heterocycles. The third kappa shape index (κ3) is 6.30. The second-order valence-electron chi connectivity index (χ2n) is 7.03. The van der Waals surface area contributed by atoms with Crippen molar-refractivity contribution in [2.75, 3.05) is 33.8 Å². The maximum atomic E-state index is 12.9. The minimum atomic E-state index is -0.509. The summed E-state index contributed by atoms with van der Waals surface area (Å²) < 4.78 is 21.6. The molecule has 0 aliphatic heterocycles. The number of hydrogen-bond donors (Lipinski definition) is 2. The standard InChI is InChI=1S/C25H24BrN3O6/c1-32-20-9-5-15(11-22(20)34-3)14-27-29-25(31)18-13-17(26)7-8-19(18)28-24(30)16-6-10-21(33-2)23(12-16)35-4/h5-14H,1-4H3,(H,28,30)(H,29,31)/b27-14+. The van der Waals surface area contributed by atoms with Crippen LogP contribution in [0.15, 0.2) is 64.2 Å². The van der Waals surface area contributed by atoms with Crippen molar-refractivity contribution in [1.29, 1.82) is 0 Å². The third-order valence-corrected chi connectivity index (χ3v) is 5.40. The Morgan fingerprint density at radius 1 is 0.771 bits per heavy atom. The van der Waals surface area contributed by atoms with Crippen LogP contribution in [0.5, 0.6) is 23.0 Å². The molecule has 3 rings (SSSR count). The topological polar surface area (TPSA) is 107 Å². The van der Waals surface area contributed by atoms with Crippen molar-refractivity contribution >= 4 is 39.6 Å². The highest BCUT2D eigenvalue weighted by atomic mass is 79.9. The number of carbonyl (C=O) groups excluding carboxylic acids is 2. The average molecular weight is 542 g/mol. The lowest BCUT2D eigenvalue weighted by atomic mass is 10.1. The number of rotatable bonds is 9. The van der Waals surface area contributed by atoms with Gasteiger partial charge in [0.25, 0.3) is 11.8 Å². The van der Waals surface area contributed by atoms with E-state index < -0.39 is 11.8 Å². The van der Waals surface area contributed by atoms with Crippen molar-refractivity contribution in [1.82, 2.24) is 5.43 Å². The summed E-state index contributed by atoms with van der Waals surface area (Å²) in [5, 5.41) is 6.78. The fraction of sp³-hybridized carbons (Fsp3) is 0.160. The van der Waals surface area contributed by atoms with E-state index in [-0.39, 0.29) is 5.56 Å². The van der Waals surface area contributed by atoms with Crippen LogP contribution < -0.4 is 29.7 Å². The van der Waals surface area contributed by atoms with Crippen LogP contribution in [0.4, 0.5) is 5.69 Å². The molecule has 10 heteroatoms. The molecule has 35 heavy (non-hydrogen) atoms. The summed E-state index contributed by atoms with van der Waals surface area (Å²) in [6.45, 7) is 0. The smallest absolute Gasteiger partial charge is 0.273 e. The van der Waals surface area contributed by atoms with Crippen LogP contribution >= 0.6 is 15.9 Å². The van der Waals surface area contributed by atoms with Crippen LogP contribution in [0, 0.1) is 0 Å². The number of hydrazone groups is 1. The van der Waals surface area contributed by atoms with Crippen molar-refractivity contribution < 1.29 is 28.5 Å². The molecule has 3 aromatic carbocycles. The number of carbonyl (C=O) groups is 2. The molecule has 2 amide bonds. The molecular weight excluding hydrogens is 518 g/mol. The van der Waals surface area contributed by atoms with E-state index in [4.69, 9.17) is 18.9 Å². The van der Waals surface area contributed by atoms with Crippen molar-refractivity contribution in [2.45, 2.75) is 0 Å². The first-order chi connectivity index (χ1) is 16.9. The summed E-state index contributed by atoms with van der Waals surface area (Å²) in [4.78, 5) is 25.7. The van der Waals surface area contributed by atoms with Gasteiger partial charge in [0.05, 0.1) is 45.9 Å². The monoisotopic (exact) mass is 541 g/mol. The number of amides is 2. The van der Waals surface area contributed by atoms with Crippen molar-refractivity contribution in [2.24, 2.45) is 5.10 Å². The van der Waals surface area contributed by atoms with Crippen LogP contribution in [0.25, 0.3) is 0 Å². The molecule has 0 saturated heterocycles. The largest absolute Gasteiger partial charge is 0.493 e. The molecule has 0 aliphatic carbocycles. The van der Waals surface area contributed by atoms with Gasteiger partial charge in [-0.2, -0.15) is 5.10 Å². The molecule has 0 spiro atoms. The summed E-state index contributed by atoms with van der Waals surface area (Å²) in [5.41, 5.74) is 4.04. The molecule has 2 N–H and O–H groups in total. The average Bonchev–Trinajstić information content (AvgIpc) is 2.88. The Morgan fingerprint density at radius 2 is 1.40 bits per heavy atom. The maximum Gasteiger partial charge on any atom is 0.273 e. The summed E-state index contributed by atoms with van der Waals surface area (Å²) in [6.07, 6.45) is 1.47. The zero-order chi connectivity index (χ0) is 25.4. The summed E-state index contributed by atoms with van der Waals surface area (Å²) in [5.74, 6) is 1.10. The molecule has 0 fully saturated rings. The highest BCUT2D eigenvalue weighted by Crippen LogP contribution is 2.29. The van der Waals surface area contributed by atoms with Gasteiger partial charge in [0.1, 0.15) is 0 Å². The number of nitrogens with one attached hydrogen (secondary N) is 2. The first kappa shape index (κ1) is 25.6. The van der Waals surface area contributed by atoms with Crippen molar-refractivity contribution in [3.05, 3.63) is 75.8 Å². The van der Waals surface area contributed by atoms with Gasteiger partial charge in [0.15, 0.2) is 23.0 Å². The normalized spacial score (nSPS) is 10.5. The van der Waals surface area contributed by atoms with Crippen LogP contribution in [0.2, 0.25) is 0 Å². The Hall–Kier alpha value is -4.05. The number of nitrogens with zero attached hydrogens (tertiary/aromatic N) is 1. The number of halogens is 1. The van der Waals surface area contributed by atoms with Gasteiger partial charge in [-0.25, -0.2) is 5.43 Å². The third-order valence-electron chi connectivity index (χ3n) is 4.91. The van der Waals surface area contributed by atoms with E-state index >= 15 is 0 Å². The fourth-order valence-corrected chi connectivity index (χ4v) is 3.51. The van der Waals surface area contributed by atoms with Crippen molar-refractivity contribution in [3.63, 3.8) is 0 Å². The lowest BCUT2D eigenvalue weighted by Crippen LogP contribution is -2.21. The van der Waals surface area contributed by atoms with E-state index in [1.807, 2.05) is 0 Å². The van der Waals surface area contributed by atoms with Gasteiger partial charge >= 0.3 is 0 Å². The molecule has 0 unspecified atom stereocenters. The molecule has 0 radical (unpaired) electrons. The molecule has 9 nitrogen and oxygen atoms in total. The van der Waals surface area contributed by atoms with Crippen LogP contribution in [0.1, 0.15) is 26.3 Å². The predicted octanol–water partition coefficient (Wildman–Crippen LogP) is 4.50. The highest BCUT2D eigenvalue weighted by Gasteiger charge is 2.16. The van der Waals surface area contributed by atoms with Gasteiger partial charge in [-0.05, 0) is 60.2 Å². The minimum Gasteiger partial charge on any atom is -0.493 e. The lowest BCUT2D eigenvalue weighted by Gasteiger charge is -2.12. The molecule has 182 valence electrons. The quantitative estimate of drug-likeness (QED) is 0.305. The number of methoxy groups -OCH3 is 4. The molecule has 0 heterocycles. The van der Waals surface area contributed by atoms with Gasteiger partial charge in [-0.1, -0.05) is 15.9 Å². The van der Waals surface area contributed by atoms with Crippen molar-refractivity contribution in [3.8, 4) is 23.0 Å². The van der Waals surface area contributed by atoms with E-state index in [9.17, 15) is 9.59 Å². The molecular formula is C25H24BrN3O6. The van der Waals surface area contributed by atoms with Gasteiger partial charge < -0.3 is 24.3 Å². The lowest BCUT2D eigenvalue weighted by molar-refractivity contribution is 0.0956. The minimum absolute atomic E-state index is 0.220. The van der Waals surface area contributed by atoms with E-state index in [1.165, 1.54) is 27.5 Å². The van der Waals surface area contributed by atoms with Crippen LogP contribution in [-0.4, -0.2) is 46.5 Å². The SMILES string of the molecule is COc1ccc(/C=N/NC(=O)c2cc(Br)ccc2NC(=O)c2ccc(OC)c(OC)c2)cc1OC. The zero-order valence-electron chi connectivity index (χ0n) is 19.5. The number of anilines is 1. The fourth-order valence-electron chi connectivity index (χ4n) is 3.14. The summed E-state index contributed by atoms with van der Waals surface area (Å²) in [6, 6.07) is 14.9. The second kappa shape index (κ2) is 11.9. The highest BCUT2D eigenvalue weighted by molar-refractivity contribution is 9.10. The molecule has 0 bridgehead atoms. The second-order valence-corrected chi connectivity index (χ2v) is 7.94. The Balaban J connectivity index is 1.77. The maximum absolute atomic E-state index is 12.9. The van der Waals surface area contributed by atoms with Crippen LogP contribution in [-0.2, 0) is 0 Å². The van der Waals surface area contributed by atoms with Gasteiger partial charge in [-0.15, -0.1) is 0 Å². The van der Waals surface area contributed by atoms with Crippen LogP contribution in [0.3, 0.4) is 0 Å². The Labute approximate surface area is 211 Å². The van der Waals surface area contributed by atoms with E-state index in [2.05, 4.69) is 31.8 Å². The Morgan fingerprint density at radius 3 is 2.06 bits per heavy atom. The zero-order valence-corrected chi connectivity index (χ0v) is 21.1. The van der Waals surface area contributed by atoms with Gasteiger partial charge in [0, 0.05) is 10.0 Å². The number of ether oxygens (including phenoxy) is 4. The number of hydrogen-bond acceptors (Lipinski definition) is 7. The molecule has 0 aliphatic rings. The van der Waals surface area contributed by atoms with E-state index in [0.717, 1.165) is 0 Å². The number of benzene rings is 3. The Bertz CT molecular complexity index is 1260. The van der Waals surface area contributed by atoms with Gasteiger partial charge in [-0.3, -0.25) is 9.59 Å².